The molecule has 8 heteroatoms. The van der Waals surface area contributed by atoms with Gasteiger partial charge in [0.15, 0.2) is 5.96 Å². The molecule has 0 radical (unpaired) electrons. The van der Waals surface area contributed by atoms with Gasteiger partial charge in [0.2, 0.25) is 0 Å². The van der Waals surface area contributed by atoms with Crippen LogP contribution in [0, 0.1) is 0 Å². The second-order valence-electron chi connectivity index (χ2n) is 7.19. The van der Waals surface area contributed by atoms with Crippen molar-refractivity contribution in [3.63, 3.8) is 0 Å². The Morgan fingerprint density at radius 1 is 0.875 bits per heavy atom. The second-order valence-corrected chi connectivity index (χ2v) is 7.19. The van der Waals surface area contributed by atoms with E-state index in [4.69, 9.17) is 0 Å². The number of aromatic nitrogens is 4. The molecule has 0 fully saturated rings. The summed E-state index contributed by atoms with van der Waals surface area (Å²) in [7, 11) is 1.80. The van der Waals surface area contributed by atoms with E-state index in [1.54, 1.807) is 19.4 Å². The minimum absolute atomic E-state index is 0. The average Bonchev–Trinajstić information content (AvgIpc) is 3.52. The molecular formula is C24H28IN7. The van der Waals surface area contributed by atoms with Crippen LogP contribution in [0.15, 0.2) is 90.4 Å². The zero-order valence-corrected chi connectivity index (χ0v) is 20.4. The molecule has 0 saturated carbocycles. The van der Waals surface area contributed by atoms with Crippen molar-refractivity contribution in [2.45, 2.75) is 19.5 Å². The highest BCUT2D eigenvalue weighted by atomic mass is 127. The first-order valence-electron chi connectivity index (χ1n) is 10.4. The maximum atomic E-state index is 4.35. The van der Waals surface area contributed by atoms with E-state index in [2.05, 4.69) is 74.4 Å². The van der Waals surface area contributed by atoms with Crippen LogP contribution in [0.2, 0.25) is 0 Å². The second kappa shape index (κ2) is 12.0. The van der Waals surface area contributed by atoms with Crippen LogP contribution in [0.5, 0.6) is 0 Å². The Bertz CT molecular complexity index is 1090. The molecule has 4 aromatic rings. The molecule has 0 unspecified atom stereocenters. The molecular weight excluding hydrogens is 513 g/mol. The first-order valence-corrected chi connectivity index (χ1v) is 10.4. The van der Waals surface area contributed by atoms with Gasteiger partial charge in [-0.25, -0.2) is 4.68 Å². The average molecular weight is 541 g/mol. The highest BCUT2D eigenvalue weighted by molar-refractivity contribution is 14.0. The minimum Gasteiger partial charge on any atom is -0.356 e. The summed E-state index contributed by atoms with van der Waals surface area (Å²) < 4.78 is 3.79. The largest absolute Gasteiger partial charge is 0.356 e. The van der Waals surface area contributed by atoms with Gasteiger partial charge >= 0.3 is 0 Å². The Morgan fingerprint density at radius 3 is 2.31 bits per heavy atom. The monoisotopic (exact) mass is 541 g/mol. The van der Waals surface area contributed by atoms with Crippen LogP contribution in [-0.2, 0) is 19.5 Å². The number of benzene rings is 2. The lowest BCUT2D eigenvalue weighted by molar-refractivity contribution is 0.677. The van der Waals surface area contributed by atoms with E-state index in [0.717, 1.165) is 31.2 Å². The Kier molecular flexibility index (Phi) is 8.85. The van der Waals surface area contributed by atoms with E-state index in [-0.39, 0.29) is 24.0 Å². The topological polar surface area (TPSA) is 72.1 Å². The van der Waals surface area contributed by atoms with Gasteiger partial charge in [0.25, 0.3) is 0 Å². The number of halogens is 1. The predicted molar refractivity (Wildman–Crippen MR) is 139 cm³/mol. The molecule has 32 heavy (non-hydrogen) atoms. The summed E-state index contributed by atoms with van der Waals surface area (Å²) in [6, 6.07) is 20.7. The lowest BCUT2D eigenvalue weighted by Gasteiger charge is -2.14. The van der Waals surface area contributed by atoms with Crippen molar-refractivity contribution in [3.8, 4) is 5.69 Å². The number of nitrogens with zero attached hydrogens (tertiary/aromatic N) is 5. The fourth-order valence-corrected chi connectivity index (χ4v) is 3.41. The summed E-state index contributed by atoms with van der Waals surface area (Å²) >= 11 is 0. The molecule has 2 heterocycles. The van der Waals surface area contributed by atoms with Crippen LogP contribution >= 0.6 is 24.0 Å². The molecule has 0 bridgehead atoms. The summed E-state index contributed by atoms with van der Waals surface area (Å²) in [6.07, 6.45) is 8.42. The first kappa shape index (κ1) is 23.5. The van der Waals surface area contributed by atoms with Gasteiger partial charge in [-0.3, -0.25) is 9.67 Å². The smallest absolute Gasteiger partial charge is 0.191 e. The predicted octanol–water partition coefficient (Wildman–Crippen LogP) is 3.64. The SMILES string of the molecule is CN=C(NCCc1ccc(-n2cccn2)cc1)NCc1ccccc1Cn1cccn1.I. The van der Waals surface area contributed by atoms with Crippen LogP contribution in [0.1, 0.15) is 16.7 Å². The number of hydrogen-bond donors (Lipinski definition) is 2. The minimum atomic E-state index is 0. The molecule has 0 atom stereocenters. The van der Waals surface area contributed by atoms with Gasteiger partial charge in [0.1, 0.15) is 0 Å². The van der Waals surface area contributed by atoms with E-state index >= 15 is 0 Å². The molecule has 0 amide bonds. The third kappa shape index (κ3) is 6.43. The fraction of sp³-hybridized carbons (Fsp3) is 0.208. The van der Waals surface area contributed by atoms with E-state index in [1.165, 1.54) is 16.7 Å². The van der Waals surface area contributed by atoms with E-state index in [9.17, 15) is 0 Å². The zero-order valence-electron chi connectivity index (χ0n) is 18.1. The molecule has 0 spiro atoms. The number of hydrogen-bond acceptors (Lipinski definition) is 3. The van der Waals surface area contributed by atoms with E-state index in [0.29, 0.717) is 6.54 Å². The quantitative estimate of drug-likeness (QED) is 0.203. The number of guanidine groups is 1. The molecule has 0 aliphatic rings. The van der Waals surface area contributed by atoms with E-state index < -0.39 is 0 Å². The van der Waals surface area contributed by atoms with Gasteiger partial charge in [-0.15, -0.1) is 24.0 Å². The highest BCUT2D eigenvalue weighted by Crippen LogP contribution is 2.11. The summed E-state index contributed by atoms with van der Waals surface area (Å²) in [6.45, 7) is 2.26. The summed E-state index contributed by atoms with van der Waals surface area (Å²) in [5.41, 5.74) is 4.80. The molecule has 0 aliphatic heterocycles. The third-order valence-corrected chi connectivity index (χ3v) is 5.09. The third-order valence-electron chi connectivity index (χ3n) is 5.09. The molecule has 2 aromatic heterocycles. The van der Waals surface area contributed by atoms with Gasteiger partial charge in [0.05, 0.1) is 12.2 Å². The first-order chi connectivity index (χ1) is 15.3. The summed E-state index contributed by atoms with van der Waals surface area (Å²) in [4.78, 5) is 4.35. The van der Waals surface area contributed by atoms with Crippen LogP contribution in [-0.4, -0.2) is 39.1 Å². The maximum absolute atomic E-state index is 4.35. The Balaban J connectivity index is 0.00000289. The van der Waals surface area contributed by atoms with Crippen LogP contribution < -0.4 is 10.6 Å². The molecule has 4 rings (SSSR count). The molecule has 2 N–H and O–H groups in total. The van der Waals surface area contributed by atoms with Crippen molar-refractivity contribution < 1.29 is 0 Å². The van der Waals surface area contributed by atoms with Crippen molar-refractivity contribution in [2.24, 2.45) is 4.99 Å². The van der Waals surface area contributed by atoms with Gasteiger partial charge in [0, 0.05) is 44.9 Å². The Morgan fingerprint density at radius 2 is 1.62 bits per heavy atom. The number of rotatable bonds is 8. The van der Waals surface area contributed by atoms with Crippen LogP contribution in [0.4, 0.5) is 0 Å². The summed E-state index contributed by atoms with van der Waals surface area (Å²) in [5, 5.41) is 15.4. The van der Waals surface area contributed by atoms with Crippen LogP contribution in [0.3, 0.4) is 0 Å². The molecule has 0 saturated heterocycles. The molecule has 166 valence electrons. The molecule has 7 nitrogen and oxygen atoms in total. The molecule has 0 aliphatic carbocycles. The van der Waals surface area contributed by atoms with Gasteiger partial charge in [-0.1, -0.05) is 36.4 Å². The molecule has 2 aromatic carbocycles. The van der Waals surface area contributed by atoms with Crippen molar-refractivity contribution in [1.29, 1.82) is 0 Å². The maximum Gasteiger partial charge on any atom is 0.191 e. The van der Waals surface area contributed by atoms with E-state index in [1.807, 2.05) is 33.9 Å². The number of aliphatic imine (C=N–C) groups is 1. The Hall–Kier alpha value is -3.14. The van der Waals surface area contributed by atoms with Crippen molar-refractivity contribution in [3.05, 3.63) is 102 Å². The zero-order chi connectivity index (χ0) is 21.3. The van der Waals surface area contributed by atoms with Gasteiger partial charge in [-0.05, 0) is 47.4 Å². The standard InChI is InChI=1S/C24H27N7.HI/c1-25-24(26-15-12-20-8-10-23(11-9-20)31-17-5-14-29-31)27-18-21-6-2-3-7-22(21)19-30-16-4-13-28-30;/h2-11,13-14,16-17H,12,15,18-19H2,1H3,(H2,25,26,27);1H. The van der Waals surface area contributed by atoms with Gasteiger partial charge < -0.3 is 10.6 Å². The fourth-order valence-electron chi connectivity index (χ4n) is 3.41. The van der Waals surface area contributed by atoms with Crippen molar-refractivity contribution in [1.82, 2.24) is 30.2 Å². The van der Waals surface area contributed by atoms with Crippen LogP contribution in [0.25, 0.3) is 5.69 Å². The highest BCUT2D eigenvalue weighted by Gasteiger charge is 2.05. The lowest BCUT2D eigenvalue weighted by Crippen LogP contribution is -2.38. The normalized spacial score (nSPS) is 11.1. The number of nitrogens with one attached hydrogen (secondary N) is 2. The van der Waals surface area contributed by atoms with Crippen molar-refractivity contribution in [2.75, 3.05) is 13.6 Å². The summed E-state index contributed by atoms with van der Waals surface area (Å²) in [5.74, 6) is 0.794. The van der Waals surface area contributed by atoms with Crippen molar-refractivity contribution >= 4 is 29.9 Å². The van der Waals surface area contributed by atoms with Gasteiger partial charge in [-0.2, -0.15) is 10.2 Å². The lowest BCUT2D eigenvalue weighted by atomic mass is 10.1. The Labute approximate surface area is 205 Å².